The van der Waals surface area contributed by atoms with Crippen LogP contribution in [0, 0.1) is 0 Å². The molecule has 0 aliphatic rings. The molecule has 3 nitrogen and oxygen atoms in total. The van der Waals surface area contributed by atoms with Gasteiger partial charge in [0.2, 0.25) is 16.6 Å². The van der Waals surface area contributed by atoms with Crippen LogP contribution in [0.3, 0.4) is 0 Å². The van der Waals surface area contributed by atoms with Crippen LogP contribution in [-0.2, 0) is 13.6 Å². The summed E-state index contributed by atoms with van der Waals surface area (Å²) >= 11 is 0. The fourth-order valence-corrected chi connectivity index (χ4v) is 3.53. The molecular formula is C18H38O3Si2. The van der Waals surface area contributed by atoms with Gasteiger partial charge in [0.1, 0.15) is 5.76 Å². The minimum atomic E-state index is -1.70. The predicted octanol–water partition coefficient (Wildman–Crippen LogP) is 6.42. The topological polar surface area (TPSA) is 27.7 Å². The third kappa shape index (κ3) is 14.6. The van der Waals surface area contributed by atoms with Crippen LogP contribution < -0.4 is 0 Å². The van der Waals surface area contributed by atoms with Crippen LogP contribution in [0.2, 0.25) is 39.3 Å². The van der Waals surface area contributed by atoms with E-state index < -0.39 is 16.6 Å². The minimum absolute atomic E-state index is 0.602. The minimum Gasteiger partial charge on any atom is -0.544 e. The number of allylic oxidation sites excluding steroid dienone is 2. The van der Waals surface area contributed by atoms with Gasteiger partial charge in [-0.2, -0.15) is 0 Å². The average molecular weight is 359 g/mol. The normalized spacial score (nSPS) is 13.9. The Morgan fingerprint density at radius 3 is 1.91 bits per heavy atom. The first kappa shape index (κ1) is 22.3. The maximum Gasteiger partial charge on any atom is 0.268 e. The molecule has 0 unspecified atom stereocenters. The summed E-state index contributed by atoms with van der Waals surface area (Å²) in [6.45, 7) is 17.9. The number of ether oxygens (including phenoxy) is 1. The number of unbranched alkanes of at least 4 members (excludes halogenated alkanes) is 4. The zero-order chi connectivity index (χ0) is 17.9. The van der Waals surface area contributed by atoms with Gasteiger partial charge in [-0.1, -0.05) is 26.2 Å². The fourth-order valence-electron chi connectivity index (χ4n) is 1.96. The van der Waals surface area contributed by atoms with Crippen molar-refractivity contribution >= 4 is 16.6 Å². The van der Waals surface area contributed by atoms with Crippen LogP contribution in [-0.4, -0.2) is 23.2 Å². The molecule has 0 fully saturated rings. The van der Waals surface area contributed by atoms with Gasteiger partial charge in [-0.15, -0.1) is 0 Å². The van der Waals surface area contributed by atoms with Crippen LogP contribution in [0.5, 0.6) is 0 Å². The quantitative estimate of drug-likeness (QED) is 0.174. The highest BCUT2D eigenvalue weighted by Crippen LogP contribution is 2.19. The van der Waals surface area contributed by atoms with Gasteiger partial charge in [-0.25, -0.2) is 0 Å². The van der Waals surface area contributed by atoms with Gasteiger partial charge in [0.05, 0.1) is 12.7 Å². The van der Waals surface area contributed by atoms with E-state index in [1.165, 1.54) is 25.7 Å². The molecule has 0 amide bonds. The molecule has 0 aromatic rings. The van der Waals surface area contributed by atoms with E-state index in [2.05, 4.69) is 52.3 Å². The maximum absolute atomic E-state index is 6.21. The standard InChI is InChI=1S/C18H38O3Si2/c1-9-11-12-13-14-15-17(20-22(3,4)5)16-18(19-10-2)21-23(6,7)8/h15-16H,9-14H2,1-8H3. The van der Waals surface area contributed by atoms with E-state index in [0.29, 0.717) is 12.6 Å². The summed E-state index contributed by atoms with van der Waals surface area (Å²) in [7, 11) is -3.35. The van der Waals surface area contributed by atoms with Crippen LogP contribution in [0.1, 0.15) is 46.0 Å². The second-order valence-corrected chi connectivity index (χ2v) is 16.6. The average Bonchev–Trinajstić information content (AvgIpc) is 2.34. The largest absolute Gasteiger partial charge is 0.544 e. The Balaban J connectivity index is 5.05. The van der Waals surface area contributed by atoms with Crippen molar-refractivity contribution in [2.45, 2.75) is 85.2 Å². The predicted molar refractivity (Wildman–Crippen MR) is 105 cm³/mol. The molecule has 136 valence electrons. The summed E-state index contributed by atoms with van der Waals surface area (Å²) in [4.78, 5) is 0. The van der Waals surface area contributed by atoms with Crippen molar-refractivity contribution in [1.29, 1.82) is 0 Å². The van der Waals surface area contributed by atoms with Gasteiger partial charge in [0, 0.05) is 0 Å². The lowest BCUT2D eigenvalue weighted by Gasteiger charge is -2.24. The van der Waals surface area contributed by atoms with Crippen LogP contribution >= 0.6 is 0 Å². The van der Waals surface area contributed by atoms with Crippen molar-refractivity contribution in [1.82, 2.24) is 0 Å². The maximum atomic E-state index is 6.21. The molecule has 0 radical (unpaired) electrons. The van der Waals surface area contributed by atoms with Crippen molar-refractivity contribution in [2.24, 2.45) is 0 Å². The molecule has 0 aliphatic carbocycles. The van der Waals surface area contributed by atoms with Crippen molar-refractivity contribution in [3.05, 3.63) is 23.9 Å². The molecule has 0 rings (SSSR count). The first-order chi connectivity index (χ1) is 10.6. The summed E-state index contributed by atoms with van der Waals surface area (Å²) in [5.41, 5.74) is 0. The Hall–Kier alpha value is -0.686. The molecule has 0 aromatic heterocycles. The number of hydrogen-bond acceptors (Lipinski definition) is 3. The summed E-state index contributed by atoms with van der Waals surface area (Å²) in [5.74, 6) is 1.51. The van der Waals surface area contributed by atoms with Crippen molar-refractivity contribution in [2.75, 3.05) is 6.61 Å². The second-order valence-electron chi connectivity index (χ2n) is 7.78. The summed E-state index contributed by atoms with van der Waals surface area (Å²) < 4.78 is 17.9. The lowest BCUT2D eigenvalue weighted by atomic mass is 10.1. The molecule has 0 N–H and O–H groups in total. The van der Waals surface area contributed by atoms with Crippen molar-refractivity contribution < 1.29 is 13.6 Å². The Bertz CT molecular complexity index is 377. The molecule has 0 saturated carbocycles. The van der Waals surface area contributed by atoms with Crippen LogP contribution in [0.25, 0.3) is 0 Å². The lowest BCUT2D eigenvalue weighted by Crippen LogP contribution is -2.27. The van der Waals surface area contributed by atoms with E-state index in [9.17, 15) is 0 Å². The van der Waals surface area contributed by atoms with Gasteiger partial charge in [0.15, 0.2) is 0 Å². The van der Waals surface area contributed by atoms with Gasteiger partial charge in [-0.05, 0) is 65.1 Å². The molecule has 0 spiro atoms. The monoisotopic (exact) mass is 358 g/mol. The molecule has 5 heteroatoms. The zero-order valence-corrected chi connectivity index (χ0v) is 18.6. The van der Waals surface area contributed by atoms with Crippen LogP contribution in [0.4, 0.5) is 0 Å². The Labute approximate surface area is 146 Å². The molecule has 0 aliphatic heterocycles. The zero-order valence-electron chi connectivity index (χ0n) is 16.6. The van der Waals surface area contributed by atoms with Gasteiger partial charge in [-0.3, -0.25) is 0 Å². The van der Waals surface area contributed by atoms with Gasteiger partial charge in [0.25, 0.3) is 5.95 Å². The molecule has 0 atom stereocenters. The highest BCUT2D eigenvalue weighted by molar-refractivity contribution is 6.70. The third-order valence-electron chi connectivity index (χ3n) is 2.78. The third-order valence-corrected chi connectivity index (χ3v) is 4.44. The lowest BCUT2D eigenvalue weighted by molar-refractivity contribution is 0.111. The van der Waals surface area contributed by atoms with E-state index in [4.69, 9.17) is 13.6 Å². The van der Waals surface area contributed by atoms with Gasteiger partial charge < -0.3 is 13.6 Å². The van der Waals surface area contributed by atoms with Crippen LogP contribution in [0.15, 0.2) is 23.9 Å². The number of rotatable bonds is 12. The van der Waals surface area contributed by atoms with E-state index in [0.717, 1.165) is 12.2 Å². The van der Waals surface area contributed by atoms with Crippen molar-refractivity contribution in [3.8, 4) is 0 Å². The molecule has 0 bridgehead atoms. The molecule has 0 heterocycles. The Morgan fingerprint density at radius 1 is 0.826 bits per heavy atom. The molecule has 23 heavy (non-hydrogen) atoms. The van der Waals surface area contributed by atoms with Crippen molar-refractivity contribution in [3.63, 3.8) is 0 Å². The second kappa shape index (κ2) is 11.0. The summed E-state index contributed by atoms with van der Waals surface area (Å²) in [6, 6.07) is 0. The smallest absolute Gasteiger partial charge is 0.268 e. The van der Waals surface area contributed by atoms with E-state index in [1.807, 2.05) is 13.0 Å². The number of hydrogen-bond donors (Lipinski definition) is 0. The van der Waals surface area contributed by atoms with E-state index in [-0.39, 0.29) is 0 Å². The Morgan fingerprint density at radius 2 is 1.43 bits per heavy atom. The first-order valence-corrected chi connectivity index (χ1v) is 15.8. The first-order valence-electron chi connectivity index (χ1n) is 9.00. The Kier molecular flexibility index (Phi) is 10.6. The molecular weight excluding hydrogens is 320 g/mol. The highest BCUT2D eigenvalue weighted by Gasteiger charge is 2.21. The fraction of sp³-hybridized carbons (Fsp3) is 0.778. The molecule has 0 aromatic carbocycles. The van der Waals surface area contributed by atoms with E-state index in [1.54, 1.807) is 0 Å². The SMILES string of the molecule is CCCCCCC=C(C=C(OCC)O[Si](C)(C)C)O[Si](C)(C)C. The van der Waals surface area contributed by atoms with E-state index >= 15 is 0 Å². The summed E-state index contributed by atoms with van der Waals surface area (Å²) in [6.07, 6.45) is 10.2. The molecule has 0 saturated heterocycles. The van der Waals surface area contributed by atoms with Gasteiger partial charge >= 0.3 is 0 Å². The highest BCUT2D eigenvalue weighted by atomic mass is 28.4. The summed E-state index contributed by atoms with van der Waals surface area (Å²) in [5, 5.41) is 0.